The molecule has 0 N–H and O–H groups in total. The molecule has 0 spiro atoms. The molecule has 0 aliphatic carbocycles. The van der Waals surface area contributed by atoms with Crippen molar-refractivity contribution in [1.82, 2.24) is 19.5 Å². The van der Waals surface area contributed by atoms with Gasteiger partial charge in [0.2, 0.25) is 0 Å². The molecule has 383 valence electrons. The maximum atomic E-state index is 7.65. The average Bonchev–Trinajstić information content (AvgIpc) is 4.19. The number of nitrogens with zero attached hydrogens (tertiary/aromatic N) is 4. The van der Waals surface area contributed by atoms with Gasteiger partial charge in [0.05, 0.1) is 28.3 Å². The first-order chi connectivity index (χ1) is 37.5. The second kappa shape index (κ2) is 20.1. The Hall–Kier alpha value is -6.72. The van der Waals surface area contributed by atoms with Crippen LogP contribution in [-0.2, 0) is 36.4 Å². The van der Waals surface area contributed by atoms with E-state index in [1.807, 2.05) is 26.8 Å². The number of fused-ring (bicyclic) bond motifs is 7. The molecule has 0 unspecified atom stereocenters. The summed E-state index contributed by atoms with van der Waals surface area (Å²) >= 11 is 0. The number of furan rings is 1. The number of hydrogen-bond acceptors (Lipinski definition) is 4. The van der Waals surface area contributed by atoms with Gasteiger partial charge < -0.3 is 8.98 Å². The maximum absolute atomic E-state index is 7.65. The second-order valence-electron chi connectivity index (χ2n) is 23.6. The molecular formula is C69H70IrN4O-2. The maximum Gasteiger partial charge on any atom is 0.121 e. The van der Waals surface area contributed by atoms with Gasteiger partial charge in [-0.2, -0.15) is 0 Å². The Morgan fingerprint density at radius 3 is 1.91 bits per heavy atom. The summed E-state index contributed by atoms with van der Waals surface area (Å²) in [7, 11) is 0. The van der Waals surface area contributed by atoms with Crippen LogP contribution in [0, 0.1) is 25.8 Å². The van der Waals surface area contributed by atoms with Crippen molar-refractivity contribution >= 4 is 54.5 Å². The van der Waals surface area contributed by atoms with E-state index in [0.29, 0.717) is 17.1 Å². The van der Waals surface area contributed by atoms with Crippen molar-refractivity contribution in [3.63, 3.8) is 0 Å². The summed E-state index contributed by atoms with van der Waals surface area (Å²) in [6, 6.07) is 53.3. The number of aromatic nitrogens is 4. The van der Waals surface area contributed by atoms with E-state index in [2.05, 4.69) is 205 Å². The minimum atomic E-state index is -2.30. The van der Waals surface area contributed by atoms with E-state index in [0.717, 1.165) is 44.4 Å². The van der Waals surface area contributed by atoms with E-state index in [-0.39, 0.29) is 53.9 Å². The molecule has 1 radical (unpaired) electrons. The number of benzene rings is 8. The van der Waals surface area contributed by atoms with Gasteiger partial charge in [0.25, 0.3) is 0 Å². The summed E-state index contributed by atoms with van der Waals surface area (Å²) in [5.41, 5.74) is 14.4. The van der Waals surface area contributed by atoms with E-state index in [1.54, 1.807) is 6.07 Å². The van der Waals surface area contributed by atoms with Gasteiger partial charge in [-0.05, 0) is 126 Å². The molecule has 0 saturated heterocycles. The summed E-state index contributed by atoms with van der Waals surface area (Å²) in [5, 5.41) is 7.02. The summed E-state index contributed by atoms with van der Waals surface area (Å²) in [6.45, 7) is 24.3. The van der Waals surface area contributed by atoms with Crippen LogP contribution >= 0.6 is 0 Å². The Kier molecular flexibility index (Phi) is 12.2. The monoisotopic (exact) mass is 1170 g/mol. The van der Waals surface area contributed by atoms with Crippen molar-refractivity contribution in [1.29, 1.82) is 0 Å². The molecule has 0 atom stereocenters. The van der Waals surface area contributed by atoms with Crippen LogP contribution in [0.4, 0.5) is 0 Å². The van der Waals surface area contributed by atoms with Gasteiger partial charge in [-0.1, -0.05) is 175 Å². The Bertz CT molecular complexity index is 4100. The van der Waals surface area contributed by atoms with E-state index in [1.165, 1.54) is 78.9 Å². The van der Waals surface area contributed by atoms with Crippen LogP contribution in [0.25, 0.3) is 94.1 Å². The molecule has 3 heterocycles. The molecule has 0 aliphatic rings. The molecule has 5 nitrogen and oxygen atoms in total. The minimum absolute atomic E-state index is 0. The van der Waals surface area contributed by atoms with Crippen molar-refractivity contribution in [2.75, 3.05) is 0 Å². The molecule has 0 amide bonds. The molecule has 11 rings (SSSR count). The van der Waals surface area contributed by atoms with Crippen LogP contribution in [0.5, 0.6) is 0 Å². The SMILES string of the molecule is CC(C)c1cc(-c2cc(C(C)(C)C)cc(C(C)(C)C)c2)cc(C(C)C)c1-n1c(-c2[c-]ccc3c2oc2cc4c(ccc5ccccc54)cc23)nc2ccccc21.[2H]C([2H])([2H])c1c[c-]c(-c2ncc(C([2H])([2H])[2H])c(C(C)(C)C)n2)cc1.[Ir]. The van der Waals surface area contributed by atoms with Gasteiger partial charge in [0.1, 0.15) is 5.58 Å². The number of rotatable bonds is 6. The summed E-state index contributed by atoms with van der Waals surface area (Å²) in [6.07, 6.45) is 1.32. The molecule has 0 fully saturated rings. The van der Waals surface area contributed by atoms with Crippen molar-refractivity contribution in [2.24, 2.45) is 0 Å². The van der Waals surface area contributed by atoms with Gasteiger partial charge in [-0.3, -0.25) is 15.0 Å². The van der Waals surface area contributed by atoms with Gasteiger partial charge >= 0.3 is 0 Å². The number of para-hydroxylation sites is 2. The van der Waals surface area contributed by atoms with Crippen LogP contribution in [-0.4, -0.2) is 19.5 Å². The minimum Gasteiger partial charge on any atom is -0.501 e. The number of imidazole rings is 1. The van der Waals surface area contributed by atoms with Crippen LogP contribution < -0.4 is 0 Å². The first kappa shape index (κ1) is 45.7. The first-order valence-corrected chi connectivity index (χ1v) is 25.9. The molecule has 0 bridgehead atoms. The van der Waals surface area contributed by atoms with Crippen molar-refractivity contribution in [3.8, 4) is 39.6 Å². The molecule has 0 saturated carbocycles. The van der Waals surface area contributed by atoms with Crippen LogP contribution in [0.3, 0.4) is 0 Å². The largest absolute Gasteiger partial charge is 0.501 e. The third kappa shape index (κ3) is 10.2. The van der Waals surface area contributed by atoms with Crippen molar-refractivity contribution in [2.45, 2.75) is 132 Å². The Morgan fingerprint density at radius 1 is 0.600 bits per heavy atom. The zero-order valence-corrected chi connectivity index (χ0v) is 47.9. The summed E-state index contributed by atoms with van der Waals surface area (Å²) in [4.78, 5) is 14.0. The van der Waals surface area contributed by atoms with E-state index < -0.39 is 19.1 Å². The van der Waals surface area contributed by atoms with E-state index in [4.69, 9.17) is 17.6 Å². The predicted octanol–water partition coefficient (Wildman–Crippen LogP) is 19.1. The van der Waals surface area contributed by atoms with Gasteiger partial charge in [0, 0.05) is 56.7 Å². The smallest absolute Gasteiger partial charge is 0.121 e. The quantitative estimate of drug-likeness (QED) is 0.123. The number of hydrogen-bond donors (Lipinski definition) is 0. The van der Waals surface area contributed by atoms with Crippen molar-refractivity contribution < 1.29 is 32.7 Å². The third-order valence-electron chi connectivity index (χ3n) is 14.3. The Balaban J connectivity index is 0.000000267. The van der Waals surface area contributed by atoms with Crippen LogP contribution in [0.15, 0.2) is 144 Å². The zero-order valence-electron chi connectivity index (χ0n) is 51.5. The topological polar surface area (TPSA) is 56.7 Å². The molecule has 0 aliphatic heterocycles. The summed E-state index contributed by atoms with van der Waals surface area (Å²) < 4.78 is 54.4. The molecule has 75 heavy (non-hydrogen) atoms. The average molecular weight is 1170 g/mol. The van der Waals surface area contributed by atoms with Gasteiger partial charge in [-0.15, -0.1) is 53.6 Å². The van der Waals surface area contributed by atoms with E-state index in [9.17, 15) is 0 Å². The standard InChI is InChI=1S/C53H51N2O.C16H19N2.Ir/c1-31(2)42-27-36(35-24-37(52(5,6)7)29-38(25-35)53(8,9)10)28-43(32(3)4)49(42)55-47-21-14-13-20-46(47)54-51(55)41-19-15-18-40-45-26-34-23-22-33-16-11-12-17-39(33)44(34)30-48(45)56-50(40)41;1-11-6-8-13(9-7-11)15-17-10-12(2)14(18-15)16(3,4)5;/h11-18,20-32H,1-10H3;6-8,10H,1-5H3;/q2*-1;/i;1D3,2D3;. The fourth-order valence-corrected chi connectivity index (χ4v) is 10.1. The first-order valence-electron chi connectivity index (χ1n) is 28.9. The molecular weight excluding hydrogens is 1090 g/mol. The van der Waals surface area contributed by atoms with Crippen molar-refractivity contribution in [3.05, 3.63) is 191 Å². The fourth-order valence-electron chi connectivity index (χ4n) is 10.1. The van der Waals surface area contributed by atoms with Gasteiger partial charge in [-0.25, -0.2) is 0 Å². The molecule has 6 heteroatoms. The Labute approximate surface area is 466 Å². The zero-order chi connectivity index (χ0) is 57.6. The molecule has 8 aromatic carbocycles. The fraction of sp³-hybridized carbons (Fsp3) is 0.290. The Morgan fingerprint density at radius 2 is 1.27 bits per heavy atom. The summed E-state index contributed by atoms with van der Waals surface area (Å²) in [5.74, 6) is 1.66. The predicted molar refractivity (Wildman–Crippen MR) is 313 cm³/mol. The third-order valence-corrected chi connectivity index (χ3v) is 14.3. The second-order valence-corrected chi connectivity index (χ2v) is 23.6. The molecule has 11 aromatic rings. The van der Waals surface area contributed by atoms with E-state index >= 15 is 0 Å². The van der Waals surface area contributed by atoms with Crippen LogP contribution in [0.2, 0.25) is 0 Å². The van der Waals surface area contributed by atoms with Crippen LogP contribution in [0.1, 0.15) is 149 Å². The normalized spacial score (nSPS) is 13.9. The molecule has 3 aromatic heterocycles. The van der Waals surface area contributed by atoms with Gasteiger partial charge in [0.15, 0.2) is 0 Å². The number of aryl methyl sites for hydroxylation is 2.